The Morgan fingerprint density at radius 2 is 2.04 bits per heavy atom. The summed E-state index contributed by atoms with van der Waals surface area (Å²) in [5.74, 6) is 0.485. The summed E-state index contributed by atoms with van der Waals surface area (Å²) in [6.45, 7) is 4.12. The molecule has 0 atom stereocenters. The lowest BCUT2D eigenvalue weighted by Crippen LogP contribution is -2.15. The highest BCUT2D eigenvalue weighted by molar-refractivity contribution is 8.00. The largest absolute Gasteiger partial charge is 0.324 e. The molecule has 0 aliphatic heterocycles. The van der Waals surface area contributed by atoms with Gasteiger partial charge in [-0.25, -0.2) is 4.98 Å². The number of anilines is 1. The average molecular weight is 409 g/mol. The standard InChI is InChI=1S/C21H20N4OS2/c1-15-7-8-16(2)18(13-15)25-11-10-23-21(25)28-14-20(26)24-17-5-3-4-6-19(17)27-12-9-22/h3-8,10-11,13H,12,14H2,1-2H3,(H,24,26). The number of hydrogen-bond acceptors (Lipinski definition) is 5. The van der Waals surface area contributed by atoms with Crippen LogP contribution in [0, 0.1) is 25.2 Å². The summed E-state index contributed by atoms with van der Waals surface area (Å²) < 4.78 is 2.01. The first kappa shape index (κ1) is 20.1. The zero-order valence-corrected chi connectivity index (χ0v) is 17.3. The van der Waals surface area contributed by atoms with Crippen LogP contribution in [-0.2, 0) is 4.79 Å². The second-order valence-corrected chi connectivity index (χ2v) is 8.11. The summed E-state index contributed by atoms with van der Waals surface area (Å²) in [6, 6.07) is 15.9. The summed E-state index contributed by atoms with van der Waals surface area (Å²) in [7, 11) is 0. The number of imidazole rings is 1. The van der Waals surface area contributed by atoms with Crippen molar-refractivity contribution in [3.63, 3.8) is 0 Å². The van der Waals surface area contributed by atoms with Gasteiger partial charge in [-0.05, 0) is 43.2 Å². The van der Waals surface area contributed by atoms with Crippen LogP contribution >= 0.6 is 23.5 Å². The van der Waals surface area contributed by atoms with Crippen LogP contribution in [0.15, 0.2) is 64.9 Å². The van der Waals surface area contributed by atoms with Crippen LogP contribution in [0.25, 0.3) is 5.69 Å². The molecule has 0 aliphatic rings. The van der Waals surface area contributed by atoms with Crippen LogP contribution in [0.3, 0.4) is 0 Å². The van der Waals surface area contributed by atoms with E-state index in [9.17, 15) is 4.79 Å². The van der Waals surface area contributed by atoms with Crippen LogP contribution < -0.4 is 5.32 Å². The Bertz CT molecular complexity index is 1020. The van der Waals surface area contributed by atoms with Gasteiger partial charge >= 0.3 is 0 Å². The van der Waals surface area contributed by atoms with Crippen molar-refractivity contribution in [2.75, 3.05) is 16.8 Å². The highest BCUT2D eigenvalue weighted by Crippen LogP contribution is 2.27. The molecule has 142 valence electrons. The van der Waals surface area contributed by atoms with Crippen molar-refractivity contribution in [1.82, 2.24) is 9.55 Å². The minimum Gasteiger partial charge on any atom is -0.324 e. The number of aromatic nitrogens is 2. The average Bonchev–Trinajstić information content (AvgIpc) is 3.16. The number of aryl methyl sites for hydroxylation is 2. The third-order valence-corrected chi connectivity index (χ3v) is 5.92. The topological polar surface area (TPSA) is 70.7 Å². The molecule has 0 unspecified atom stereocenters. The molecule has 0 saturated heterocycles. The van der Waals surface area contributed by atoms with Crippen LogP contribution in [0.4, 0.5) is 5.69 Å². The first-order valence-corrected chi connectivity index (χ1v) is 10.7. The van der Waals surface area contributed by atoms with Crippen molar-refractivity contribution < 1.29 is 4.79 Å². The van der Waals surface area contributed by atoms with Gasteiger partial charge in [-0.3, -0.25) is 9.36 Å². The quantitative estimate of drug-likeness (QED) is 0.567. The second-order valence-electron chi connectivity index (χ2n) is 6.15. The van der Waals surface area contributed by atoms with Crippen molar-refractivity contribution in [2.24, 2.45) is 0 Å². The maximum Gasteiger partial charge on any atom is 0.234 e. The molecule has 1 amide bonds. The lowest BCUT2D eigenvalue weighted by Gasteiger charge is -2.12. The number of thioether (sulfide) groups is 2. The van der Waals surface area contributed by atoms with Gasteiger partial charge in [-0.2, -0.15) is 5.26 Å². The Morgan fingerprint density at radius 1 is 1.21 bits per heavy atom. The van der Waals surface area contributed by atoms with Gasteiger partial charge in [0.15, 0.2) is 5.16 Å². The lowest BCUT2D eigenvalue weighted by molar-refractivity contribution is -0.113. The fourth-order valence-corrected chi connectivity index (χ4v) is 4.12. The summed E-state index contributed by atoms with van der Waals surface area (Å²) in [6.07, 6.45) is 3.66. The van der Waals surface area contributed by atoms with Gasteiger partial charge < -0.3 is 5.32 Å². The molecule has 28 heavy (non-hydrogen) atoms. The summed E-state index contributed by atoms with van der Waals surface area (Å²) in [5, 5.41) is 12.5. The van der Waals surface area contributed by atoms with E-state index < -0.39 is 0 Å². The third-order valence-electron chi connectivity index (χ3n) is 4.02. The molecular formula is C21H20N4OS2. The third kappa shape index (κ3) is 4.97. The second kappa shape index (κ2) is 9.49. The van der Waals surface area contributed by atoms with Crippen molar-refractivity contribution in [3.8, 4) is 11.8 Å². The number of amides is 1. The number of nitrogens with one attached hydrogen (secondary N) is 1. The Kier molecular flexibility index (Phi) is 6.80. The summed E-state index contributed by atoms with van der Waals surface area (Å²) in [4.78, 5) is 17.8. The molecule has 0 radical (unpaired) electrons. The van der Waals surface area contributed by atoms with Crippen molar-refractivity contribution >= 4 is 35.1 Å². The predicted molar refractivity (Wildman–Crippen MR) is 115 cm³/mol. The first-order valence-electron chi connectivity index (χ1n) is 8.71. The predicted octanol–water partition coefficient (Wildman–Crippen LogP) is 4.84. The number of benzene rings is 2. The highest BCUT2D eigenvalue weighted by atomic mass is 32.2. The van der Waals surface area contributed by atoms with E-state index in [1.807, 2.05) is 35.0 Å². The molecule has 0 aliphatic carbocycles. The van der Waals surface area contributed by atoms with Crippen molar-refractivity contribution in [2.45, 2.75) is 23.9 Å². The summed E-state index contributed by atoms with van der Waals surface area (Å²) >= 11 is 2.80. The zero-order valence-electron chi connectivity index (χ0n) is 15.7. The van der Waals surface area contributed by atoms with Crippen LogP contribution in [0.1, 0.15) is 11.1 Å². The highest BCUT2D eigenvalue weighted by Gasteiger charge is 2.12. The van der Waals surface area contributed by atoms with Gasteiger partial charge in [0, 0.05) is 17.3 Å². The lowest BCUT2D eigenvalue weighted by atomic mass is 10.1. The fourth-order valence-electron chi connectivity index (χ4n) is 2.68. The minimum absolute atomic E-state index is 0.106. The SMILES string of the molecule is Cc1ccc(C)c(-n2ccnc2SCC(=O)Nc2ccccc2SCC#N)c1. The molecule has 5 nitrogen and oxygen atoms in total. The van der Waals surface area contributed by atoms with E-state index in [-0.39, 0.29) is 11.7 Å². The molecule has 3 aromatic rings. The van der Waals surface area contributed by atoms with Gasteiger partial charge in [0.2, 0.25) is 5.91 Å². The molecule has 1 heterocycles. The van der Waals surface area contributed by atoms with Crippen LogP contribution in [0.5, 0.6) is 0 Å². The Balaban J connectivity index is 1.68. The van der Waals surface area contributed by atoms with Crippen LogP contribution in [-0.4, -0.2) is 27.0 Å². The van der Waals surface area contributed by atoms with Gasteiger partial charge in [0.25, 0.3) is 0 Å². The molecule has 0 spiro atoms. The number of hydrogen-bond donors (Lipinski definition) is 1. The minimum atomic E-state index is -0.106. The van der Waals surface area contributed by atoms with E-state index in [0.717, 1.165) is 27.0 Å². The van der Waals surface area contributed by atoms with E-state index in [1.165, 1.54) is 29.1 Å². The van der Waals surface area contributed by atoms with Crippen molar-refractivity contribution in [3.05, 3.63) is 66.0 Å². The molecule has 1 N–H and O–H groups in total. The molecule has 3 rings (SSSR count). The number of rotatable bonds is 7. The number of carbonyl (C=O) groups excluding carboxylic acids is 1. The van der Waals surface area contributed by atoms with Crippen molar-refractivity contribution in [1.29, 1.82) is 5.26 Å². The van der Waals surface area contributed by atoms with E-state index in [0.29, 0.717) is 5.75 Å². The Morgan fingerprint density at radius 3 is 2.86 bits per heavy atom. The zero-order chi connectivity index (χ0) is 19.9. The molecular weight excluding hydrogens is 388 g/mol. The molecule has 2 aromatic carbocycles. The van der Waals surface area contributed by atoms with Gasteiger partial charge in [-0.1, -0.05) is 36.0 Å². The van der Waals surface area contributed by atoms with Gasteiger partial charge in [0.05, 0.1) is 28.9 Å². The maximum absolute atomic E-state index is 12.5. The van der Waals surface area contributed by atoms with E-state index in [2.05, 4.69) is 48.4 Å². The first-order chi connectivity index (χ1) is 13.6. The number of para-hydroxylation sites is 1. The molecule has 7 heteroatoms. The normalized spacial score (nSPS) is 10.5. The Hall–Kier alpha value is -2.69. The number of nitrogens with zero attached hydrogens (tertiary/aromatic N) is 3. The molecule has 0 saturated carbocycles. The molecule has 1 aromatic heterocycles. The molecule has 0 fully saturated rings. The maximum atomic E-state index is 12.5. The molecule has 0 bridgehead atoms. The summed E-state index contributed by atoms with van der Waals surface area (Å²) in [5.41, 5.74) is 4.12. The monoisotopic (exact) mass is 408 g/mol. The smallest absolute Gasteiger partial charge is 0.234 e. The van der Waals surface area contributed by atoms with Gasteiger partial charge in [0.1, 0.15) is 0 Å². The fraction of sp³-hybridized carbons (Fsp3) is 0.190. The number of nitriles is 1. The van der Waals surface area contributed by atoms with E-state index in [4.69, 9.17) is 5.26 Å². The van der Waals surface area contributed by atoms with Crippen LogP contribution in [0.2, 0.25) is 0 Å². The van der Waals surface area contributed by atoms with E-state index in [1.54, 1.807) is 6.20 Å². The Labute approximate surface area is 173 Å². The van der Waals surface area contributed by atoms with E-state index >= 15 is 0 Å². The van der Waals surface area contributed by atoms with Gasteiger partial charge in [-0.15, -0.1) is 11.8 Å². The number of carbonyl (C=O) groups is 1.